The largest absolute Gasteiger partial charge is 0.503 e. The van der Waals surface area contributed by atoms with Gasteiger partial charge in [0.15, 0.2) is 11.5 Å². The Hall–Kier alpha value is -2.98. The summed E-state index contributed by atoms with van der Waals surface area (Å²) >= 11 is 6.04. The van der Waals surface area contributed by atoms with Crippen molar-refractivity contribution in [3.8, 4) is 11.5 Å². The number of phenols is 1. The molecule has 0 aromatic heterocycles. The number of phenolic OH excluding ortho intramolecular Hbond substituents is 1. The zero-order chi connectivity index (χ0) is 19.9. The zero-order valence-corrected chi connectivity index (χ0v) is 16.3. The molecule has 2 N–H and O–H groups in total. The number of hydrogen-bond acceptors (Lipinski definition) is 3. The number of hydrogen-bond donors (Lipinski definition) is 2. The normalized spacial score (nSPS) is 10.7. The van der Waals surface area contributed by atoms with E-state index in [4.69, 9.17) is 16.3 Å². The van der Waals surface area contributed by atoms with Crippen LogP contribution in [0.4, 0.5) is 0 Å². The van der Waals surface area contributed by atoms with Gasteiger partial charge in [-0.3, -0.25) is 4.79 Å². The summed E-state index contributed by atoms with van der Waals surface area (Å²) in [5, 5.41) is 13.0. The summed E-state index contributed by atoms with van der Waals surface area (Å²) < 4.78 is 5.36. The zero-order valence-electron chi connectivity index (χ0n) is 15.6. The molecule has 0 aliphatic rings. The van der Waals surface area contributed by atoms with Crippen molar-refractivity contribution in [1.82, 2.24) is 5.32 Å². The van der Waals surface area contributed by atoms with Crippen LogP contribution in [0.5, 0.6) is 11.5 Å². The Kier molecular flexibility index (Phi) is 6.56. The first-order chi connectivity index (χ1) is 13.6. The SMILES string of the molecule is CCOc1cc(C(=O)NCC(c2ccccc2)c2ccccc2)cc(Cl)c1O. The highest BCUT2D eigenvalue weighted by Crippen LogP contribution is 2.35. The molecule has 3 aromatic rings. The summed E-state index contributed by atoms with van der Waals surface area (Å²) in [5.41, 5.74) is 2.58. The Balaban J connectivity index is 1.81. The molecule has 0 aliphatic heterocycles. The molecule has 1 amide bonds. The van der Waals surface area contributed by atoms with Gasteiger partial charge >= 0.3 is 0 Å². The number of aromatic hydroxyl groups is 1. The van der Waals surface area contributed by atoms with Crippen LogP contribution >= 0.6 is 11.6 Å². The Morgan fingerprint density at radius 2 is 1.61 bits per heavy atom. The van der Waals surface area contributed by atoms with Gasteiger partial charge in [-0.15, -0.1) is 0 Å². The van der Waals surface area contributed by atoms with Crippen molar-refractivity contribution >= 4 is 17.5 Å². The molecule has 5 heteroatoms. The van der Waals surface area contributed by atoms with Crippen LogP contribution in [0, 0.1) is 0 Å². The predicted molar refractivity (Wildman–Crippen MR) is 111 cm³/mol. The van der Waals surface area contributed by atoms with E-state index in [0.29, 0.717) is 18.7 Å². The van der Waals surface area contributed by atoms with E-state index in [1.54, 1.807) is 6.92 Å². The molecule has 0 unspecified atom stereocenters. The fourth-order valence-corrected chi connectivity index (χ4v) is 3.28. The van der Waals surface area contributed by atoms with Gasteiger partial charge in [-0.05, 0) is 30.2 Å². The number of halogens is 1. The summed E-state index contributed by atoms with van der Waals surface area (Å²) in [6, 6.07) is 23.0. The lowest BCUT2D eigenvalue weighted by Crippen LogP contribution is -2.29. The van der Waals surface area contributed by atoms with Crippen LogP contribution in [0.1, 0.15) is 34.3 Å². The molecule has 3 rings (SSSR count). The van der Waals surface area contributed by atoms with Gasteiger partial charge in [0.2, 0.25) is 0 Å². The minimum absolute atomic E-state index is 0.0188. The van der Waals surface area contributed by atoms with Crippen LogP contribution in [-0.2, 0) is 0 Å². The van der Waals surface area contributed by atoms with Gasteiger partial charge in [0, 0.05) is 18.0 Å². The van der Waals surface area contributed by atoms with Crippen LogP contribution in [0.15, 0.2) is 72.8 Å². The predicted octanol–water partition coefficient (Wildman–Crippen LogP) is 5.01. The second-order valence-electron chi connectivity index (χ2n) is 6.32. The summed E-state index contributed by atoms with van der Waals surface area (Å²) in [6.45, 7) is 2.58. The van der Waals surface area contributed by atoms with Gasteiger partial charge in [-0.2, -0.15) is 0 Å². The van der Waals surface area contributed by atoms with Crippen molar-refractivity contribution in [3.63, 3.8) is 0 Å². The lowest BCUT2D eigenvalue weighted by molar-refractivity contribution is 0.0952. The van der Waals surface area contributed by atoms with E-state index in [1.165, 1.54) is 12.1 Å². The highest BCUT2D eigenvalue weighted by Gasteiger charge is 2.18. The van der Waals surface area contributed by atoms with E-state index in [-0.39, 0.29) is 28.3 Å². The molecule has 28 heavy (non-hydrogen) atoms. The third-order valence-electron chi connectivity index (χ3n) is 4.46. The first-order valence-corrected chi connectivity index (χ1v) is 9.51. The molecule has 3 aromatic carbocycles. The van der Waals surface area contributed by atoms with Gasteiger partial charge in [0.25, 0.3) is 5.91 Å². The van der Waals surface area contributed by atoms with Crippen LogP contribution in [0.3, 0.4) is 0 Å². The van der Waals surface area contributed by atoms with Crippen molar-refractivity contribution in [2.24, 2.45) is 0 Å². The molecule has 0 bridgehead atoms. The highest BCUT2D eigenvalue weighted by molar-refractivity contribution is 6.32. The smallest absolute Gasteiger partial charge is 0.251 e. The van der Waals surface area contributed by atoms with E-state index in [0.717, 1.165) is 11.1 Å². The number of carbonyl (C=O) groups excluding carboxylic acids is 1. The third kappa shape index (κ3) is 4.65. The molecular weight excluding hydrogens is 374 g/mol. The average Bonchev–Trinajstić information content (AvgIpc) is 2.73. The van der Waals surface area contributed by atoms with E-state index < -0.39 is 0 Å². The number of amides is 1. The minimum atomic E-state index is -0.278. The van der Waals surface area contributed by atoms with Gasteiger partial charge < -0.3 is 15.2 Å². The molecule has 0 aliphatic carbocycles. The van der Waals surface area contributed by atoms with Gasteiger partial charge in [-0.1, -0.05) is 72.3 Å². The fraction of sp³-hybridized carbons (Fsp3) is 0.174. The molecular formula is C23H22ClNO3. The van der Waals surface area contributed by atoms with Crippen molar-refractivity contribution in [3.05, 3.63) is 94.5 Å². The van der Waals surface area contributed by atoms with Crippen LogP contribution in [-0.4, -0.2) is 24.2 Å². The number of ether oxygens (including phenoxy) is 1. The standard InChI is InChI=1S/C23H22ClNO3/c1-2-28-21-14-18(13-20(24)22(21)26)23(27)25-15-19(16-9-5-3-6-10-16)17-11-7-4-8-12-17/h3-14,19,26H,2,15H2,1H3,(H,25,27). The van der Waals surface area contributed by atoms with Crippen molar-refractivity contribution in [2.75, 3.05) is 13.2 Å². The van der Waals surface area contributed by atoms with Gasteiger partial charge in [0.05, 0.1) is 11.6 Å². The van der Waals surface area contributed by atoms with Crippen molar-refractivity contribution in [2.45, 2.75) is 12.8 Å². The summed E-state index contributed by atoms with van der Waals surface area (Å²) in [7, 11) is 0. The summed E-state index contributed by atoms with van der Waals surface area (Å²) in [6.07, 6.45) is 0. The average molecular weight is 396 g/mol. The third-order valence-corrected chi connectivity index (χ3v) is 4.75. The molecule has 0 spiro atoms. The first kappa shape index (κ1) is 19.8. The topological polar surface area (TPSA) is 58.6 Å². The van der Waals surface area contributed by atoms with Crippen LogP contribution in [0.25, 0.3) is 0 Å². The van der Waals surface area contributed by atoms with Crippen LogP contribution < -0.4 is 10.1 Å². The number of benzene rings is 3. The number of carbonyl (C=O) groups is 1. The van der Waals surface area contributed by atoms with Crippen molar-refractivity contribution < 1.29 is 14.6 Å². The molecule has 0 radical (unpaired) electrons. The Morgan fingerprint density at radius 3 is 2.14 bits per heavy atom. The van der Waals surface area contributed by atoms with E-state index >= 15 is 0 Å². The Bertz CT molecular complexity index is 890. The fourth-order valence-electron chi connectivity index (χ4n) is 3.07. The van der Waals surface area contributed by atoms with Crippen LogP contribution in [0.2, 0.25) is 5.02 Å². The molecule has 0 atom stereocenters. The highest BCUT2D eigenvalue weighted by atomic mass is 35.5. The maximum absolute atomic E-state index is 12.7. The molecule has 0 saturated carbocycles. The molecule has 4 nitrogen and oxygen atoms in total. The van der Waals surface area contributed by atoms with E-state index in [2.05, 4.69) is 29.6 Å². The number of rotatable bonds is 7. The first-order valence-electron chi connectivity index (χ1n) is 9.13. The van der Waals surface area contributed by atoms with Gasteiger partial charge in [-0.25, -0.2) is 0 Å². The molecule has 0 saturated heterocycles. The van der Waals surface area contributed by atoms with Gasteiger partial charge in [0.1, 0.15) is 0 Å². The molecule has 144 valence electrons. The summed E-state index contributed by atoms with van der Waals surface area (Å²) in [4.78, 5) is 12.7. The Morgan fingerprint density at radius 1 is 1.04 bits per heavy atom. The lowest BCUT2D eigenvalue weighted by atomic mass is 9.91. The second-order valence-corrected chi connectivity index (χ2v) is 6.73. The Labute approximate surface area is 169 Å². The maximum atomic E-state index is 12.7. The quantitative estimate of drug-likeness (QED) is 0.591. The lowest BCUT2D eigenvalue weighted by Gasteiger charge is -2.19. The summed E-state index contributed by atoms with van der Waals surface area (Å²) in [5.74, 6) is -0.223. The molecule has 0 heterocycles. The van der Waals surface area contributed by atoms with Crippen molar-refractivity contribution in [1.29, 1.82) is 0 Å². The monoisotopic (exact) mass is 395 g/mol. The van der Waals surface area contributed by atoms with E-state index in [9.17, 15) is 9.90 Å². The second kappa shape index (κ2) is 9.29. The molecule has 0 fully saturated rings. The van der Waals surface area contributed by atoms with E-state index in [1.807, 2.05) is 36.4 Å². The maximum Gasteiger partial charge on any atom is 0.251 e. The minimum Gasteiger partial charge on any atom is -0.503 e. The number of nitrogens with one attached hydrogen (secondary N) is 1.